The Balaban J connectivity index is 1.34. The van der Waals surface area contributed by atoms with Gasteiger partial charge in [-0.05, 0) is 47.3 Å². The lowest BCUT2D eigenvalue weighted by Crippen LogP contribution is -2.00. The summed E-state index contributed by atoms with van der Waals surface area (Å²) in [6.45, 7) is 7.47. The van der Waals surface area contributed by atoms with Crippen LogP contribution in [0.15, 0.2) is 133 Å². The van der Waals surface area contributed by atoms with E-state index in [2.05, 4.69) is 69.9 Å². The summed E-state index contributed by atoms with van der Waals surface area (Å²) < 4.78 is 2.24. The van der Waals surface area contributed by atoms with E-state index in [1.807, 2.05) is 66.7 Å². The number of fused-ring (bicyclic) bond motifs is 5. The van der Waals surface area contributed by atoms with Gasteiger partial charge in [-0.25, -0.2) is 24.8 Å². The van der Waals surface area contributed by atoms with Gasteiger partial charge >= 0.3 is 0 Å². The van der Waals surface area contributed by atoms with Crippen LogP contribution in [0.3, 0.4) is 0 Å². The van der Waals surface area contributed by atoms with Crippen LogP contribution in [-0.4, -0.2) is 24.3 Å². The molecule has 3 heterocycles. The van der Waals surface area contributed by atoms with Crippen molar-refractivity contribution in [3.05, 3.63) is 145 Å². The van der Waals surface area contributed by atoms with Crippen LogP contribution in [0.4, 0.5) is 5.69 Å². The molecule has 200 valence electrons. The maximum Gasteiger partial charge on any atom is 0.187 e. The molecule has 5 aromatic carbocycles. The van der Waals surface area contributed by atoms with E-state index in [1.165, 1.54) is 0 Å². The van der Waals surface area contributed by atoms with E-state index in [0.29, 0.717) is 23.2 Å². The zero-order valence-electron chi connectivity index (χ0n) is 22.9. The monoisotopic (exact) mass is 550 g/mol. The summed E-state index contributed by atoms with van der Waals surface area (Å²) in [4.78, 5) is 23.3. The largest absolute Gasteiger partial charge is 0.292 e. The summed E-state index contributed by atoms with van der Waals surface area (Å²) in [5.41, 5.74) is 9.14. The normalized spacial score (nSPS) is 11.2. The molecule has 0 N–H and O–H groups in total. The quantitative estimate of drug-likeness (QED) is 0.205. The van der Waals surface area contributed by atoms with Crippen molar-refractivity contribution in [3.63, 3.8) is 0 Å². The second kappa shape index (κ2) is 10.0. The fraction of sp³-hybridized carbons (Fsp3) is 0. The topological polar surface area (TPSA) is 60.3 Å². The molecule has 8 aromatic rings. The van der Waals surface area contributed by atoms with Crippen molar-refractivity contribution in [2.45, 2.75) is 0 Å². The smallest absolute Gasteiger partial charge is 0.187 e. The highest BCUT2D eigenvalue weighted by atomic mass is 15.0. The number of benzene rings is 5. The van der Waals surface area contributed by atoms with Crippen molar-refractivity contribution in [2.75, 3.05) is 0 Å². The van der Waals surface area contributed by atoms with Crippen LogP contribution in [0, 0.1) is 6.57 Å². The van der Waals surface area contributed by atoms with E-state index in [4.69, 9.17) is 26.5 Å². The second-order valence-electron chi connectivity index (χ2n) is 10.3. The molecule has 0 aliphatic carbocycles. The van der Waals surface area contributed by atoms with Crippen LogP contribution in [-0.2, 0) is 0 Å². The van der Waals surface area contributed by atoms with Gasteiger partial charge in [0, 0.05) is 22.3 Å². The van der Waals surface area contributed by atoms with Crippen molar-refractivity contribution in [3.8, 4) is 45.3 Å². The number of imidazole rings is 1. The van der Waals surface area contributed by atoms with Crippen molar-refractivity contribution in [2.24, 2.45) is 0 Å². The first-order valence-electron chi connectivity index (χ1n) is 13.9. The maximum atomic E-state index is 7.47. The van der Waals surface area contributed by atoms with Gasteiger partial charge in [-0.2, -0.15) is 0 Å². The third-order valence-corrected chi connectivity index (χ3v) is 7.61. The Bertz CT molecular complexity index is 2370. The van der Waals surface area contributed by atoms with Crippen LogP contribution in [0.1, 0.15) is 0 Å². The Morgan fingerprint density at radius 1 is 0.488 bits per heavy atom. The Labute approximate surface area is 247 Å². The summed E-state index contributed by atoms with van der Waals surface area (Å²) in [6, 6.07) is 44.4. The highest BCUT2D eigenvalue weighted by Gasteiger charge is 2.16. The molecule has 0 radical (unpaired) electrons. The maximum absolute atomic E-state index is 7.47. The standard InChI is InChI=1S/C37H22N6/c1-38-29-17-10-16-28(22-29)36-41-34(24-11-3-2-4-12-24)40-35(42-36)27-15-9-14-25(21-27)30-23-26-13-5-7-19-32(26)43-33-20-8-6-18-31(33)39-37(30)43/h2-23H. The number of hydrogen-bond acceptors (Lipinski definition) is 4. The molecule has 0 atom stereocenters. The van der Waals surface area contributed by atoms with Crippen LogP contribution in [0.25, 0.3) is 77.7 Å². The van der Waals surface area contributed by atoms with Crippen molar-refractivity contribution >= 4 is 33.3 Å². The number of hydrogen-bond donors (Lipinski definition) is 0. The van der Waals surface area contributed by atoms with Crippen molar-refractivity contribution < 1.29 is 0 Å². The van der Waals surface area contributed by atoms with Crippen LogP contribution < -0.4 is 0 Å². The summed E-state index contributed by atoms with van der Waals surface area (Å²) in [6.07, 6.45) is 0. The molecule has 0 aliphatic rings. The lowest BCUT2D eigenvalue weighted by Gasteiger charge is -2.11. The number of nitrogens with zero attached hydrogens (tertiary/aromatic N) is 6. The molecule has 43 heavy (non-hydrogen) atoms. The van der Waals surface area contributed by atoms with Crippen molar-refractivity contribution in [1.82, 2.24) is 24.3 Å². The van der Waals surface area contributed by atoms with E-state index < -0.39 is 0 Å². The number of rotatable bonds is 4. The second-order valence-corrected chi connectivity index (χ2v) is 10.3. The van der Waals surface area contributed by atoms with Crippen molar-refractivity contribution in [1.29, 1.82) is 0 Å². The minimum Gasteiger partial charge on any atom is -0.292 e. The molecule has 8 rings (SSSR count). The summed E-state index contributed by atoms with van der Waals surface area (Å²) in [5, 5.41) is 1.13. The predicted molar refractivity (Wildman–Crippen MR) is 172 cm³/mol. The Kier molecular flexibility index (Phi) is 5.73. The van der Waals surface area contributed by atoms with Gasteiger partial charge in [0.05, 0.1) is 23.1 Å². The molecular formula is C37H22N6. The first kappa shape index (κ1) is 24.6. The van der Waals surface area contributed by atoms with E-state index in [9.17, 15) is 0 Å². The zero-order valence-corrected chi connectivity index (χ0v) is 22.9. The molecule has 0 saturated heterocycles. The van der Waals surface area contributed by atoms with E-state index in [-0.39, 0.29) is 0 Å². The van der Waals surface area contributed by atoms with Gasteiger partial charge < -0.3 is 0 Å². The van der Waals surface area contributed by atoms with Gasteiger partial charge in [-0.1, -0.05) is 97.1 Å². The summed E-state index contributed by atoms with van der Waals surface area (Å²) in [7, 11) is 0. The molecule has 0 fully saturated rings. The Hall–Kier alpha value is -6.19. The fourth-order valence-corrected chi connectivity index (χ4v) is 5.59. The van der Waals surface area contributed by atoms with Crippen LogP contribution in [0.5, 0.6) is 0 Å². The van der Waals surface area contributed by atoms with E-state index in [0.717, 1.165) is 55.4 Å². The summed E-state index contributed by atoms with van der Waals surface area (Å²) in [5.74, 6) is 1.66. The third kappa shape index (κ3) is 4.28. The van der Waals surface area contributed by atoms with Gasteiger partial charge in [0.15, 0.2) is 23.2 Å². The molecule has 6 heteroatoms. The average Bonchev–Trinajstić information content (AvgIpc) is 3.48. The molecule has 6 nitrogen and oxygen atoms in total. The van der Waals surface area contributed by atoms with E-state index >= 15 is 0 Å². The predicted octanol–water partition coefficient (Wildman–Crippen LogP) is 9.04. The minimum atomic E-state index is 0.521. The average molecular weight is 551 g/mol. The minimum absolute atomic E-state index is 0.521. The number of pyridine rings is 1. The van der Waals surface area contributed by atoms with Gasteiger partial charge in [0.1, 0.15) is 5.65 Å². The van der Waals surface area contributed by atoms with E-state index in [1.54, 1.807) is 6.07 Å². The molecule has 0 saturated carbocycles. The molecule has 0 bridgehead atoms. The molecule has 0 unspecified atom stereocenters. The highest BCUT2D eigenvalue weighted by molar-refractivity contribution is 5.98. The molecule has 0 amide bonds. The van der Waals surface area contributed by atoms with Gasteiger partial charge in [-0.15, -0.1) is 0 Å². The lowest BCUT2D eigenvalue weighted by molar-refractivity contribution is 1.07. The van der Waals surface area contributed by atoms with Crippen LogP contribution in [0.2, 0.25) is 0 Å². The van der Waals surface area contributed by atoms with Gasteiger partial charge in [0.25, 0.3) is 0 Å². The molecular weight excluding hydrogens is 528 g/mol. The Morgan fingerprint density at radius 3 is 1.88 bits per heavy atom. The van der Waals surface area contributed by atoms with Gasteiger partial charge in [0.2, 0.25) is 0 Å². The molecule has 0 spiro atoms. The third-order valence-electron chi connectivity index (χ3n) is 7.61. The Morgan fingerprint density at radius 2 is 1.09 bits per heavy atom. The SMILES string of the molecule is [C-]#[N+]c1cccc(-c2nc(-c3ccccc3)nc(-c3cccc(-c4cc5ccccc5n5c4nc4ccccc45)c3)n2)c1. The first-order valence-corrected chi connectivity index (χ1v) is 13.9. The highest BCUT2D eigenvalue weighted by Crippen LogP contribution is 2.34. The van der Waals surface area contributed by atoms with Crippen LogP contribution >= 0.6 is 0 Å². The number of aromatic nitrogens is 5. The summed E-state index contributed by atoms with van der Waals surface area (Å²) >= 11 is 0. The molecule has 0 aliphatic heterocycles. The molecule has 3 aromatic heterocycles. The first-order chi connectivity index (χ1) is 21.2. The fourth-order valence-electron chi connectivity index (χ4n) is 5.59. The van der Waals surface area contributed by atoms with Gasteiger partial charge in [-0.3, -0.25) is 4.40 Å². The zero-order chi connectivity index (χ0) is 28.8. The lowest BCUT2D eigenvalue weighted by atomic mass is 10.0. The number of para-hydroxylation sites is 3.